The molecule has 0 aromatic heterocycles. The first-order valence-corrected chi connectivity index (χ1v) is 7.49. The van der Waals surface area contributed by atoms with Crippen molar-refractivity contribution in [1.82, 2.24) is 0 Å². The molecular weight excluding hydrogens is 292 g/mol. The van der Waals surface area contributed by atoms with Gasteiger partial charge in [0.05, 0.1) is 23.6 Å². The Bertz CT molecular complexity index is 363. The van der Waals surface area contributed by atoms with Gasteiger partial charge in [-0.2, -0.15) is 0 Å². The van der Waals surface area contributed by atoms with E-state index in [4.69, 9.17) is 9.47 Å². The zero-order valence-corrected chi connectivity index (χ0v) is 12.7. The maximum Gasteiger partial charge on any atom is 0.0745 e. The quantitative estimate of drug-likeness (QED) is 0.768. The second-order valence-electron chi connectivity index (χ2n) is 4.95. The number of hydrogen-bond acceptors (Lipinski definition) is 2. The smallest absolute Gasteiger partial charge is 0.0745 e. The summed E-state index contributed by atoms with van der Waals surface area (Å²) in [6, 6.07) is 8.75. The SMILES string of the molecule is COCCc1ccc(C(Br)C2CCC(C)O2)cc1. The van der Waals surface area contributed by atoms with E-state index in [0.717, 1.165) is 19.4 Å². The molecule has 0 saturated carbocycles. The highest BCUT2D eigenvalue weighted by Crippen LogP contribution is 2.36. The molecule has 1 saturated heterocycles. The topological polar surface area (TPSA) is 18.5 Å². The first-order valence-electron chi connectivity index (χ1n) is 6.58. The molecule has 3 unspecified atom stereocenters. The van der Waals surface area contributed by atoms with Gasteiger partial charge in [0.2, 0.25) is 0 Å². The average molecular weight is 313 g/mol. The normalized spacial score (nSPS) is 25.3. The molecule has 1 aliphatic rings. The van der Waals surface area contributed by atoms with Crippen molar-refractivity contribution in [3.63, 3.8) is 0 Å². The van der Waals surface area contributed by atoms with E-state index < -0.39 is 0 Å². The Labute approximate surface area is 118 Å². The Hall–Kier alpha value is -0.380. The molecule has 2 rings (SSSR count). The van der Waals surface area contributed by atoms with Crippen LogP contribution in [0.1, 0.15) is 35.7 Å². The van der Waals surface area contributed by atoms with Crippen LogP contribution in [0, 0.1) is 0 Å². The van der Waals surface area contributed by atoms with Crippen LogP contribution in [-0.4, -0.2) is 25.9 Å². The van der Waals surface area contributed by atoms with Crippen LogP contribution in [0.15, 0.2) is 24.3 Å². The van der Waals surface area contributed by atoms with Crippen LogP contribution in [0.5, 0.6) is 0 Å². The molecule has 3 heteroatoms. The van der Waals surface area contributed by atoms with Crippen molar-refractivity contribution >= 4 is 15.9 Å². The second-order valence-corrected chi connectivity index (χ2v) is 5.94. The van der Waals surface area contributed by atoms with Crippen LogP contribution >= 0.6 is 15.9 Å². The third-order valence-electron chi connectivity index (χ3n) is 3.48. The Balaban J connectivity index is 1.96. The molecule has 1 aromatic rings. The van der Waals surface area contributed by atoms with E-state index in [1.807, 2.05) is 0 Å². The van der Waals surface area contributed by atoms with Gasteiger partial charge in [0.15, 0.2) is 0 Å². The minimum Gasteiger partial charge on any atom is -0.384 e. The number of rotatable bonds is 5. The first-order chi connectivity index (χ1) is 8.70. The summed E-state index contributed by atoms with van der Waals surface area (Å²) in [5, 5.41) is 0. The summed E-state index contributed by atoms with van der Waals surface area (Å²) in [7, 11) is 1.74. The summed E-state index contributed by atoms with van der Waals surface area (Å²) in [5.41, 5.74) is 2.62. The third kappa shape index (κ3) is 3.56. The highest BCUT2D eigenvalue weighted by atomic mass is 79.9. The molecule has 18 heavy (non-hydrogen) atoms. The van der Waals surface area contributed by atoms with Crippen molar-refractivity contribution < 1.29 is 9.47 Å². The molecule has 0 spiro atoms. The van der Waals surface area contributed by atoms with Gasteiger partial charge >= 0.3 is 0 Å². The van der Waals surface area contributed by atoms with E-state index in [0.29, 0.717) is 17.0 Å². The summed E-state index contributed by atoms with van der Waals surface area (Å²) >= 11 is 3.77. The monoisotopic (exact) mass is 312 g/mol. The van der Waals surface area contributed by atoms with Crippen molar-refractivity contribution in [2.75, 3.05) is 13.7 Å². The Kier molecular flexibility index (Phi) is 5.22. The Morgan fingerprint density at radius 3 is 2.61 bits per heavy atom. The summed E-state index contributed by atoms with van der Waals surface area (Å²) in [6.07, 6.45) is 3.99. The van der Waals surface area contributed by atoms with Crippen molar-refractivity contribution in [3.8, 4) is 0 Å². The maximum absolute atomic E-state index is 5.91. The number of methoxy groups -OCH3 is 1. The van der Waals surface area contributed by atoms with Crippen LogP contribution < -0.4 is 0 Å². The molecule has 2 nitrogen and oxygen atoms in total. The fourth-order valence-electron chi connectivity index (χ4n) is 2.35. The zero-order chi connectivity index (χ0) is 13.0. The van der Waals surface area contributed by atoms with Crippen LogP contribution in [0.2, 0.25) is 0 Å². The maximum atomic E-state index is 5.91. The van der Waals surface area contributed by atoms with Crippen molar-refractivity contribution in [3.05, 3.63) is 35.4 Å². The number of alkyl halides is 1. The lowest BCUT2D eigenvalue weighted by atomic mass is 10.0. The lowest BCUT2D eigenvalue weighted by Crippen LogP contribution is -2.14. The van der Waals surface area contributed by atoms with Crippen LogP contribution in [0.4, 0.5) is 0 Å². The van der Waals surface area contributed by atoms with Crippen molar-refractivity contribution in [2.45, 2.75) is 43.2 Å². The average Bonchev–Trinajstić information content (AvgIpc) is 2.83. The minimum absolute atomic E-state index is 0.305. The van der Waals surface area contributed by atoms with Gasteiger partial charge in [-0.15, -0.1) is 0 Å². The number of hydrogen-bond donors (Lipinski definition) is 0. The molecule has 1 aromatic carbocycles. The molecule has 1 fully saturated rings. The molecule has 100 valence electrons. The van der Waals surface area contributed by atoms with Gasteiger partial charge in [-0.25, -0.2) is 0 Å². The van der Waals surface area contributed by atoms with Crippen molar-refractivity contribution in [2.24, 2.45) is 0 Å². The summed E-state index contributed by atoms with van der Waals surface area (Å²) in [5.74, 6) is 0. The van der Waals surface area contributed by atoms with E-state index in [9.17, 15) is 0 Å². The molecule has 0 amide bonds. The Morgan fingerprint density at radius 2 is 2.06 bits per heavy atom. The minimum atomic E-state index is 0.305. The predicted octanol–water partition coefficient (Wildman–Crippen LogP) is 3.88. The summed E-state index contributed by atoms with van der Waals surface area (Å²) in [4.78, 5) is 0.305. The fraction of sp³-hybridized carbons (Fsp3) is 0.600. The Morgan fingerprint density at radius 1 is 1.33 bits per heavy atom. The van der Waals surface area contributed by atoms with Gasteiger partial charge in [0, 0.05) is 7.11 Å². The molecule has 0 radical (unpaired) electrons. The molecule has 0 bridgehead atoms. The van der Waals surface area contributed by atoms with Gasteiger partial charge in [-0.1, -0.05) is 40.2 Å². The van der Waals surface area contributed by atoms with Gasteiger partial charge in [0.25, 0.3) is 0 Å². The molecular formula is C15H21BrO2. The van der Waals surface area contributed by atoms with E-state index in [-0.39, 0.29) is 0 Å². The molecule has 3 atom stereocenters. The summed E-state index contributed by atoms with van der Waals surface area (Å²) in [6.45, 7) is 2.92. The van der Waals surface area contributed by atoms with Crippen LogP contribution in [0.3, 0.4) is 0 Å². The van der Waals surface area contributed by atoms with Gasteiger partial charge < -0.3 is 9.47 Å². The lowest BCUT2D eigenvalue weighted by molar-refractivity contribution is 0.0557. The fourth-order valence-corrected chi connectivity index (χ4v) is 3.05. The van der Waals surface area contributed by atoms with Gasteiger partial charge in [-0.3, -0.25) is 0 Å². The highest BCUT2D eigenvalue weighted by molar-refractivity contribution is 9.09. The highest BCUT2D eigenvalue weighted by Gasteiger charge is 2.28. The number of halogens is 1. The van der Waals surface area contributed by atoms with Gasteiger partial charge in [-0.05, 0) is 37.3 Å². The lowest BCUT2D eigenvalue weighted by Gasteiger charge is -2.18. The van der Waals surface area contributed by atoms with Crippen LogP contribution in [0.25, 0.3) is 0 Å². The number of ether oxygens (including phenoxy) is 2. The van der Waals surface area contributed by atoms with E-state index >= 15 is 0 Å². The molecule has 1 heterocycles. The van der Waals surface area contributed by atoms with Gasteiger partial charge in [0.1, 0.15) is 0 Å². The van der Waals surface area contributed by atoms with E-state index in [2.05, 4.69) is 47.1 Å². The van der Waals surface area contributed by atoms with Crippen molar-refractivity contribution in [1.29, 1.82) is 0 Å². The molecule has 0 N–H and O–H groups in total. The first kappa shape index (κ1) is 14.0. The zero-order valence-electron chi connectivity index (χ0n) is 11.1. The third-order valence-corrected chi connectivity index (χ3v) is 4.60. The van der Waals surface area contributed by atoms with Crippen LogP contribution in [-0.2, 0) is 15.9 Å². The molecule has 1 aliphatic heterocycles. The largest absolute Gasteiger partial charge is 0.384 e. The summed E-state index contributed by atoms with van der Waals surface area (Å²) < 4.78 is 11.0. The van der Waals surface area contributed by atoms with E-state index in [1.54, 1.807) is 7.11 Å². The predicted molar refractivity (Wildman–Crippen MR) is 77.3 cm³/mol. The molecule has 0 aliphatic carbocycles. The van der Waals surface area contributed by atoms with E-state index in [1.165, 1.54) is 17.5 Å². The number of benzene rings is 1. The standard InChI is InChI=1S/C15H21BrO2/c1-11-3-8-14(18-11)15(16)13-6-4-12(5-7-13)9-10-17-2/h4-7,11,14-15H,3,8-10H2,1-2H3. The second kappa shape index (κ2) is 6.69.